The van der Waals surface area contributed by atoms with Gasteiger partial charge in [-0.25, -0.2) is 27.1 Å². The third kappa shape index (κ3) is 6.73. The summed E-state index contributed by atoms with van der Waals surface area (Å²) >= 11 is 0. The van der Waals surface area contributed by atoms with Crippen molar-refractivity contribution in [2.24, 2.45) is 5.14 Å². The molecule has 0 aromatic heterocycles. The molecule has 17 heteroatoms. The highest BCUT2D eigenvalue weighted by molar-refractivity contribution is 7.89. The Morgan fingerprint density at radius 3 is 2.53 bits per heavy atom. The van der Waals surface area contributed by atoms with Crippen LogP contribution in [0.5, 0.6) is 5.75 Å². The minimum absolute atomic E-state index is 0.0698. The van der Waals surface area contributed by atoms with Crippen LogP contribution in [0.3, 0.4) is 0 Å². The van der Waals surface area contributed by atoms with Gasteiger partial charge in [0.25, 0.3) is 0 Å². The number of alkyl halides is 1. The van der Waals surface area contributed by atoms with E-state index >= 15 is 4.39 Å². The van der Waals surface area contributed by atoms with E-state index in [1.54, 1.807) is 12.1 Å². The maximum absolute atomic E-state index is 15.2. The molecule has 0 saturated carbocycles. The standard InChI is InChI=1S/C26H27BF2N4O9S/c1-14(34)18-4-2-3-15-11-16(27(39)42-23(15)18)12-21(35)22(19-6-5-17(13-20(19)29)43(30,40)41)31-26(38)33-10-9-32(8-7-28)24(36)25(33)37/h2-6,13,16,22,39H,7-12H2,1H3,(H,31,38)(H2,30,40,41)/t16-,22?/m1/s1. The molecule has 0 radical (unpaired) electrons. The van der Waals surface area contributed by atoms with Crippen molar-refractivity contribution in [1.29, 1.82) is 0 Å². The number of primary sulfonamides is 1. The molecule has 0 bridgehead atoms. The second-order valence-corrected chi connectivity index (χ2v) is 11.6. The number of carbonyl (C=O) groups is 5. The van der Waals surface area contributed by atoms with Crippen LogP contribution in [0, 0.1) is 5.82 Å². The fraction of sp³-hybridized carbons (Fsp3) is 0.346. The van der Waals surface area contributed by atoms with Crippen molar-refractivity contribution in [2.45, 2.75) is 36.5 Å². The topological polar surface area (TPSA) is 193 Å². The summed E-state index contributed by atoms with van der Waals surface area (Å²) in [6.07, 6.45) is -0.427. The van der Waals surface area contributed by atoms with Crippen LogP contribution in [-0.2, 0) is 30.8 Å². The Morgan fingerprint density at radius 1 is 1.19 bits per heavy atom. The second-order valence-electron chi connectivity index (χ2n) is 10.0. The quantitative estimate of drug-likeness (QED) is 0.204. The molecule has 2 aliphatic heterocycles. The SMILES string of the molecule is CC(=O)c1cccc2c1OB(O)[C@@H](CC(=O)C(NC(=O)N1CCN(CCF)C(=O)C1=O)c1ccc(S(N)(=O)=O)cc1F)C2. The number of sulfonamides is 1. The highest BCUT2D eigenvalue weighted by Crippen LogP contribution is 2.37. The van der Waals surface area contributed by atoms with Gasteiger partial charge >= 0.3 is 25.0 Å². The maximum Gasteiger partial charge on any atom is 0.526 e. The molecule has 2 aromatic carbocycles. The summed E-state index contributed by atoms with van der Waals surface area (Å²) in [5, 5.41) is 18.0. The summed E-state index contributed by atoms with van der Waals surface area (Å²) in [7, 11) is -5.89. The minimum atomic E-state index is -4.33. The lowest BCUT2D eigenvalue weighted by molar-refractivity contribution is -0.153. The number of amides is 4. The molecule has 4 rings (SSSR count). The van der Waals surface area contributed by atoms with Crippen molar-refractivity contribution in [3.63, 3.8) is 0 Å². The molecule has 1 fully saturated rings. The first-order valence-corrected chi connectivity index (χ1v) is 14.6. The fourth-order valence-electron chi connectivity index (χ4n) is 4.95. The summed E-state index contributed by atoms with van der Waals surface area (Å²) in [6.45, 7) is -0.457. The predicted molar refractivity (Wildman–Crippen MR) is 145 cm³/mol. The number of piperazine rings is 1. The number of fused-ring (bicyclic) bond motifs is 1. The fourth-order valence-corrected chi connectivity index (χ4v) is 5.47. The summed E-state index contributed by atoms with van der Waals surface area (Å²) in [5.74, 6) is -5.57. The molecule has 2 atom stereocenters. The summed E-state index contributed by atoms with van der Waals surface area (Å²) in [5.41, 5.74) is 0.274. The molecule has 0 spiro atoms. The van der Waals surface area contributed by atoms with E-state index < -0.39 is 82.0 Å². The Bertz CT molecular complexity index is 1610. The second kappa shape index (κ2) is 12.6. The monoisotopic (exact) mass is 620 g/mol. The first-order chi connectivity index (χ1) is 20.2. The first kappa shape index (κ1) is 31.7. The Labute approximate surface area is 245 Å². The molecule has 43 heavy (non-hydrogen) atoms. The van der Waals surface area contributed by atoms with Crippen LogP contribution in [0.15, 0.2) is 41.3 Å². The van der Waals surface area contributed by atoms with Crippen molar-refractivity contribution < 1.29 is 50.8 Å². The number of urea groups is 1. The average Bonchev–Trinajstić information content (AvgIpc) is 2.94. The normalized spacial score (nSPS) is 17.7. The van der Waals surface area contributed by atoms with Gasteiger partial charge < -0.3 is 19.9 Å². The van der Waals surface area contributed by atoms with Crippen LogP contribution >= 0.6 is 0 Å². The number of halogens is 2. The maximum atomic E-state index is 15.2. The molecule has 2 aromatic rings. The minimum Gasteiger partial charge on any atom is -0.535 e. The third-order valence-electron chi connectivity index (χ3n) is 7.17. The molecule has 4 N–H and O–H groups in total. The van der Waals surface area contributed by atoms with Crippen molar-refractivity contribution >= 4 is 46.6 Å². The number of nitrogens with two attached hydrogens (primary N) is 1. The van der Waals surface area contributed by atoms with Gasteiger partial charge in [0.2, 0.25) is 10.0 Å². The number of imide groups is 1. The van der Waals surface area contributed by atoms with Crippen LogP contribution in [0.4, 0.5) is 13.6 Å². The van der Waals surface area contributed by atoms with Crippen molar-refractivity contribution in [2.75, 3.05) is 26.3 Å². The largest absolute Gasteiger partial charge is 0.535 e. The van der Waals surface area contributed by atoms with Crippen LogP contribution in [0.2, 0.25) is 5.82 Å². The van der Waals surface area contributed by atoms with Gasteiger partial charge in [-0.1, -0.05) is 18.2 Å². The molecule has 2 heterocycles. The van der Waals surface area contributed by atoms with Crippen LogP contribution in [0.25, 0.3) is 0 Å². The number of nitrogens with one attached hydrogen (secondary N) is 1. The number of para-hydroxylation sites is 1. The van der Waals surface area contributed by atoms with Crippen molar-refractivity contribution in [3.05, 3.63) is 58.9 Å². The molecule has 228 valence electrons. The molecule has 1 unspecified atom stereocenters. The van der Waals surface area contributed by atoms with Gasteiger partial charge in [-0.05, 0) is 37.1 Å². The van der Waals surface area contributed by atoms with Gasteiger partial charge in [-0.15, -0.1) is 0 Å². The molecular formula is C26H27BF2N4O9S. The third-order valence-corrected chi connectivity index (χ3v) is 8.08. The Balaban J connectivity index is 1.62. The molecule has 13 nitrogen and oxygen atoms in total. The van der Waals surface area contributed by atoms with Gasteiger partial charge in [0.15, 0.2) is 11.6 Å². The van der Waals surface area contributed by atoms with E-state index in [1.165, 1.54) is 13.0 Å². The van der Waals surface area contributed by atoms with E-state index in [9.17, 15) is 41.8 Å². The highest BCUT2D eigenvalue weighted by Gasteiger charge is 2.41. The Morgan fingerprint density at radius 2 is 1.91 bits per heavy atom. The van der Waals surface area contributed by atoms with Crippen LogP contribution in [0.1, 0.15) is 40.9 Å². The molecule has 4 amide bonds. The molecule has 2 aliphatic rings. The number of hydrogen-bond donors (Lipinski definition) is 3. The molecule has 1 saturated heterocycles. The highest BCUT2D eigenvalue weighted by atomic mass is 32.2. The Kier molecular flexibility index (Phi) is 9.27. The lowest BCUT2D eigenvalue weighted by Crippen LogP contribution is -2.59. The zero-order valence-corrected chi connectivity index (χ0v) is 23.6. The predicted octanol–water partition coefficient (Wildman–Crippen LogP) is 0.512. The zero-order valence-electron chi connectivity index (χ0n) is 22.8. The number of rotatable bonds is 9. The van der Waals surface area contributed by atoms with Gasteiger partial charge in [-0.2, -0.15) is 0 Å². The summed E-state index contributed by atoms with van der Waals surface area (Å²) in [4.78, 5) is 64.4. The van der Waals surface area contributed by atoms with E-state index in [0.29, 0.717) is 16.5 Å². The Hall–Kier alpha value is -4.22. The van der Waals surface area contributed by atoms with Gasteiger partial charge in [-0.3, -0.25) is 24.1 Å². The lowest BCUT2D eigenvalue weighted by Gasteiger charge is -2.33. The van der Waals surface area contributed by atoms with Gasteiger partial charge in [0.05, 0.1) is 10.5 Å². The number of nitrogens with zero attached hydrogens (tertiary/aromatic N) is 2. The average molecular weight is 620 g/mol. The lowest BCUT2D eigenvalue weighted by atomic mass is 9.64. The summed E-state index contributed by atoms with van der Waals surface area (Å²) in [6, 6.07) is 4.11. The van der Waals surface area contributed by atoms with E-state index in [4.69, 9.17) is 9.79 Å². The van der Waals surface area contributed by atoms with Crippen molar-refractivity contribution in [3.8, 4) is 5.75 Å². The molecular weight excluding hydrogens is 593 g/mol. The zero-order chi connectivity index (χ0) is 31.6. The van der Waals surface area contributed by atoms with E-state index in [-0.39, 0.29) is 43.2 Å². The number of carbonyl (C=O) groups excluding carboxylic acids is 5. The number of benzene rings is 2. The number of hydrogen-bond acceptors (Lipinski definition) is 9. The number of ketones is 2. The van der Waals surface area contributed by atoms with Gasteiger partial charge in [0, 0.05) is 37.4 Å². The number of Topliss-reactive ketones (excluding diaryl/α,β-unsaturated/α-hetero) is 2. The summed E-state index contributed by atoms with van der Waals surface area (Å²) < 4.78 is 56.9. The van der Waals surface area contributed by atoms with Gasteiger partial charge in [0.1, 0.15) is 24.3 Å². The smallest absolute Gasteiger partial charge is 0.526 e. The molecule has 0 aliphatic carbocycles. The van der Waals surface area contributed by atoms with Crippen LogP contribution < -0.4 is 15.1 Å². The van der Waals surface area contributed by atoms with E-state index in [1.807, 2.05) is 0 Å². The van der Waals surface area contributed by atoms with Crippen LogP contribution in [-0.4, -0.2) is 86.1 Å². The van der Waals surface area contributed by atoms with E-state index in [2.05, 4.69) is 5.32 Å². The van der Waals surface area contributed by atoms with Crippen molar-refractivity contribution in [1.82, 2.24) is 15.1 Å². The first-order valence-electron chi connectivity index (χ1n) is 13.0. The van der Waals surface area contributed by atoms with E-state index in [0.717, 1.165) is 17.0 Å².